The van der Waals surface area contributed by atoms with E-state index in [2.05, 4.69) is 12.2 Å². The topological polar surface area (TPSA) is 25.2 Å². The van der Waals surface area contributed by atoms with Crippen LogP contribution in [-0.4, -0.2) is 13.1 Å². The van der Waals surface area contributed by atoms with Gasteiger partial charge >= 0.3 is 0 Å². The molecule has 0 aliphatic rings. The van der Waals surface area contributed by atoms with E-state index in [1.807, 2.05) is 31.2 Å². The van der Waals surface area contributed by atoms with Gasteiger partial charge in [-0.3, -0.25) is 0 Å². The molecule has 0 aliphatic heterocycles. The molecule has 1 heterocycles. The highest BCUT2D eigenvalue weighted by atomic mass is 19.1. The van der Waals surface area contributed by atoms with Gasteiger partial charge in [-0.15, -0.1) is 0 Å². The molecule has 1 atom stereocenters. The molecular weight excluding hydrogens is 241 g/mol. The number of halogens is 1. The highest BCUT2D eigenvalue weighted by Gasteiger charge is 2.31. The molecule has 0 amide bonds. The predicted molar refractivity (Wildman–Crippen MR) is 77.1 cm³/mol. The van der Waals surface area contributed by atoms with Crippen molar-refractivity contribution in [3.63, 3.8) is 0 Å². The number of nitrogens with one attached hydrogen (secondary N) is 1. The van der Waals surface area contributed by atoms with Gasteiger partial charge in [0.15, 0.2) is 0 Å². The van der Waals surface area contributed by atoms with Crippen molar-refractivity contribution >= 4 is 11.0 Å². The fourth-order valence-electron chi connectivity index (χ4n) is 2.36. The van der Waals surface area contributed by atoms with E-state index in [9.17, 15) is 0 Å². The minimum Gasteiger partial charge on any atom is -0.464 e. The van der Waals surface area contributed by atoms with Crippen LogP contribution in [0.15, 0.2) is 34.9 Å². The largest absolute Gasteiger partial charge is 0.464 e. The zero-order valence-electron chi connectivity index (χ0n) is 11.7. The third kappa shape index (κ3) is 3.16. The number of furan rings is 1. The molecule has 0 bridgehead atoms. The number of fused-ring (bicyclic) bond motifs is 1. The van der Waals surface area contributed by atoms with Crippen LogP contribution in [0, 0.1) is 0 Å². The molecule has 2 rings (SSSR count). The fourth-order valence-corrected chi connectivity index (χ4v) is 2.36. The van der Waals surface area contributed by atoms with Crippen LogP contribution in [0.4, 0.5) is 4.39 Å². The summed E-state index contributed by atoms with van der Waals surface area (Å²) in [4.78, 5) is 0. The van der Waals surface area contributed by atoms with Crippen LogP contribution >= 0.6 is 0 Å². The molecule has 3 heteroatoms. The van der Waals surface area contributed by atoms with E-state index in [1.54, 1.807) is 6.26 Å². The van der Waals surface area contributed by atoms with E-state index in [0.717, 1.165) is 35.9 Å². The van der Waals surface area contributed by atoms with Gasteiger partial charge in [0.05, 0.1) is 6.26 Å². The van der Waals surface area contributed by atoms with Crippen LogP contribution in [0.3, 0.4) is 0 Å². The summed E-state index contributed by atoms with van der Waals surface area (Å²) >= 11 is 0. The Kier molecular flexibility index (Phi) is 4.59. The summed E-state index contributed by atoms with van der Waals surface area (Å²) in [6.45, 7) is 5.24. The van der Waals surface area contributed by atoms with Crippen LogP contribution < -0.4 is 5.32 Å². The molecule has 0 fully saturated rings. The van der Waals surface area contributed by atoms with Crippen molar-refractivity contribution in [2.75, 3.05) is 13.1 Å². The van der Waals surface area contributed by atoms with Crippen LogP contribution in [-0.2, 0) is 5.67 Å². The van der Waals surface area contributed by atoms with Gasteiger partial charge < -0.3 is 9.73 Å². The van der Waals surface area contributed by atoms with E-state index >= 15 is 4.39 Å². The molecule has 0 spiro atoms. The Morgan fingerprint density at radius 2 is 2.11 bits per heavy atom. The van der Waals surface area contributed by atoms with Crippen LogP contribution in [0.1, 0.15) is 38.7 Å². The molecule has 104 valence electrons. The lowest BCUT2D eigenvalue weighted by Gasteiger charge is -2.26. The molecule has 1 unspecified atom stereocenters. The normalized spacial score (nSPS) is 14.7. The third-order valence-electron chi connectivity index (χ3n) is 3.55. The maximum atomic E-state index is 15.2. The van der Waals surface area contributed by atoms with E-state index in [-0.39, 0.29) is 0 Å². The first-order valence-electron chi connectivity index (χ1n) is 7.07. The van der Waals surface area contributed by atoms with Gasteiger partial charge in [0.1, 0.15) is 11.3 Å². The molecule has 0 radical (unpaired) electrons. The van der Waals surface area contributed by atoms with Gasteiger partial charge in [-0.05, 0) is 36.7 Å². The molecule has 0 saturated carbocycles. The van der Waals surface area contributed by atoms with Crippen molar-refractivity contribution in [3.8, 4) is 0 Å². The van der Waals surface area contributed by atoms with Crippen LogP contribution in [0.5, 0.6) is 0 Å². The molecule has 2 nitrogen and oxygen atoms in total. The van der Waals surface area contributed by atoms with Gasteiger partial charge in [-0.25, -0.2) is 4.39 Å². The van der Waals surface area contributed by atoms with Gasteiger partial charge in [-0.1, -0.05) is 32.8 Å². The van der Waals surface area contributed by atoms with Crippen molar-refractivity contribution in [2.24, 2.45) is 0 Å². The minimum absolute atomic E-state index is 0.368. The first-order valence-corrected chi connectivity index (χ1v) is 7.07. The van der Waals surface area contributed by atoms with Crippen molar-refractivity contribution in [1.29, 1.82) is 0 Å². The highest BCUT2D eigenvalue weighted by molar-refractivity contribution is 5.78. The maximum absolute atomic E-state index is 15.2. The van der Waals surface area contributed by atoms with Crippen LogP contribution in [0.25, 0.3) is 11.0 Å². The fraction of sp³-hybridized carbons (Fsp3) is 0.500. The summed E-state index contributed by atoms with van der Waals surface area (Å²) in [5, 5.41) is 4.10. The molecule has 0 aliphatic carbocycles. The lowest BCUT2D eigenvalue weighted by molar-refractivity contribution is 0.143. The minimum atomic E-state index is -1.29. The number of alkyl halides is 1. The number of benzene rings is 1. The molecule has 1 aromatic heterocycles. The van der Waals surface area contributed by atoms with Gasteiger partial charge in [0, 0.05) is 11.9 Å². The summed E-state index contributed by atoms with van der Waals surface area (Å²) in [5.41, 5.74) is 0.262. The standard InChI is InChI=1S/C16H22FNO/c1-3-5-9-16(17,12-18-4-2)14-6-7-15-13(11-14)8-10-19-15/h6-8,10-11,18H,3-5,9,12H2,1-2H3. The third-order valence-corrected chi connectivity index (χ3v) is 3.55. The SMILES string of the molecule is CCCCC(F)(CNCC)c1ccc2occc2c1. The Morgan fingerprint density at radius 3 is 2.84 bits per heavy atom. The quantitative estimate of drug-likeness (QED) is 0.801. The van der Waals surface area contributed by atoms with Crippen molar-refractivity contribution < 1.29 is 8.81 Å². The summed E-state index contributed by atoms with van der Waals surface area (Å²) in [6, 6.07) is 7.49. The van der Waals surface area contributed by atoms with Gasteiger partial charge in [0.2, 0.25) is 0 Å². The monoisotopic (exact) mass is 263 g/mol. The molecule has 1 N–H and O–H groups in total. The van der Waals surface area contributed by atoms with E-state index in [0.29, 0.717) is 13.0 Å². The molecule has 1 aromatic carbocycles. The number of unbranched alkanes of at least 4 members (excludes halogenated alkanes) is 1. The number of likely N-dealkylation sites (N-methyl/N-ethyl adjacent to an activating group) is 1. The van der Waals surface area contributed by atoms with Crippen molar-refractivity contribution in [2.45, 2.75) is 38.8 Å². The summed E-state index contributed by atoms with van der Waals surface area (Å²) in [7, 11) is 0. The summed E-state index contributed by atoms with van der Waals surface area (Å²) in [6.07, 6.45) is 4.10. The second-order valence-corrected chi connectivity index (χ2v) is 5.02. The second kappa shape index (κ2) is 6.20. The first kappa shape index (κ1) is 14.1. The Morgan fingerprint density at radius 1 is 1.26 bits per heavy atom. The zero-order valence-corrected chi connectivity index (χ0v) is 11.7. The van der Waals surface area contributed by atoms with Crippen LogP contribution in [0.2, 0.25) is 0 Å². The second-order valence-electron chi connectivity index (χ2n) is 5.02. The van der Waals surface area contributed by atoms with E-state index < -0.39 is 5.67 Å². The maximum Gasteiger partial charge on any atom is 0.148 e. The Balaban J connectivity index is 2.29. The number of hydrogen-bond acceptors (Lipinski definition) is 2. The molecular formula is C16H22FNO. The Bertz CT molecular complexity index is 512. The van der Waals surface area contributed by atoms with Gasteiger partial charge in [-0.2, -0.15) is 0 Å². The average molecular weight is 263 g/mol. The van der Waals surface area contributed by atoms with E-state index in [1.165, 1.54) is 0 Å². The zero-order chi connectivity index (χ0) is 13.7. The van der Waals surface area contributed by atoms with E-state index in [4.69, 9.17) is 4.42 Å². The van der Waals surface area contributed by atoms with Crippen molar-refractivity contribution in [3.05, 3.63) is 36.1 Å². The number of rotatable bonds is 7. The molecule has 19 heavy (non-hydrogen) atoms. The highest BCUT2D eigenvalue weighted by Crippen LogP contribution is 2.33. The smallest absolute Gasteiger partial charge is 0.148 e. The Labute approximate surface area is 114 Å². The molecule has 0 saturated heterocycles. The predicted octanol–water partition coefficient (Wildman–Crippen LogP) is 4.40. The van der Waals surface area contributed by atoms with Crippen molar-refractivity contribution in [1.82, 2.24) is 5.32 Å². The molecule has 2 aromatic rings. The number of hydrogen-bond donors (Lipinski definition) is 1. The lowest BCUT2D eigenvalue weighted by atomic mass is 9.89. The average Bonchev–Trinajstić information content (AvgIpc) is 2.90. The lowest BCUT2D eigenvalue weighted by Crippen LogP contribution is -2.34. The summed E-state index contributed by atoms with van der Waals surface area (Å²) in [5.74, 6) is 0. The van der Waals surface area contributed by atoms with Gasteiger partial charge in [0.25, 0.3) is 0 Å². The summed E-state index contributed by atoms with van der Waals surface area (Å²) < 4.78 is 20.5. The Hall–Kier alpha value is -1.35. The first-order chi connectivity index (χ1) is 9.19.